The number of hydrogen-bond acceptors (Lipinski definition) is 8. The number of allylic oxidation sites excluding steroid dienone is 1. The summed E-state index contributed by atoms with van der Waals surface area (Å²) in [6.07, 6.45) is 7.38. The summed E-state index contributed by atoms with van der Waals surface area (Å²) in [4.78, 5) is 31.7. The molecule has 8 heteroatoms. The van der Waals surface area contributed by atoms with Gasteiger partial charge in [0.2, 0.25) is 0 Å². The van der Waals surface area contributed by atoms with Gasteiger partial charge in [0.25, 0.3) is 0 Å². The van der Waals surface area contributed by atoms with Crippen LogP contribution >= 0.6 is 0 Å². The van der Waals surface area contributed by atoms with Crippen LogP contribution in [0.5, 0.6) is 0 Å². The van der Waals surface area contributed by atoms with Crippen molar-refractivity contribution in [3.63, 3.8) is 0 Å². The molecule has 3 aliphatic heterocycles. The maximum absolute atomic E-state index is 13.1. The quantitative estimate of drug-likeness (QED) is 0.663. The lowest BCUT2D eigenvalue weighted by atomic mass is 10.1. The van der Waals surface area contributed by atoms with E-state index in [1.54, 1.807) is 0 Å². The van der Waals surface area contributed by atoms with Gasteiger partial charge in [-0.05, 0) is 45.8 Å². The number of morpholine rings is 1. The fourth-order valence-electron chi connectivity index (χ4n) is 4.72. The molecule has 0 spiro atoms. The Kier molecular flexibility index (Phi) is 5.78. The van der Waals surface area contributed by atoms with E-state index in [2.05, 4.69) is 25.8 Å². The predicted octanol–water partition coefficient (Wildman–Crippen LogP) is 3.24. The fraction of sp³-hybridized carbons (Fsp3) is 0.520. The Labute approximate surface area is 194 Å². The molecule has 0 radical (unpaired) electrons. The average molecular weight is 450 g/mol. The zero-order valence-electron chi connectivity index (χ0n) is 19.6. The summed E-state index contributed by atoms with van der Waals surface area (Å²) in [6, 6.07) is 3.82. The van der Waals surface area contributed by atoms with Gasteiger partial charge in [0.05, 0.1) is 31.1 Å². The Hall–Kier alpha value is -3.00. The third-order valence-corrected chi connectivity index (χ3v) is 6.22. The molecule has 0 bridgehead atoms. The van der Waals surface area contributed by atoms with Crippen molar-refractivity contribution in [2.45, 2.75) is 45.3 Å². The van der Waals surface area contributed by atoms with Crippen LogP contribution < -0.4 is 9.80 Å². The van der Waals surface area contributed by atoms with E-state index in [9.17, 15) is 4.79 Å². The molecule has 2 fully saturated rings. The van der Waals surface area contributed by atoms with Crippen LogP contribution in [-0.2, 0) is 14.3 Å². The molecule has 0 saturated carbocycles. The average Bonchev–Trinajstić information content (AvgIpc) is 3.50. The van der Waals surface area contributed by atoms with Crippen LogP contribution in [0.1, 0.15) is 39.3 Å². The summed E-state index contributed by atoms with van der Waals surface area (Å²) in [5.74, 6) is 0.725. The number of carbonyl (C=O) groups is 1. The molecule has 174 valence electrons. The number of aromatic nitrogens is 2. The van der Waals surface area contributed by atoms with Gasteiger partial charge in [0.15, 0.2) is 0 Å². The highest BCUT2D eigenvalue weighted by atomic mass is 16.6. The number of carbonyl (C=O) groups excluding carboxylic acids is 1. The molecule has 1 unspecified atom stereocenters. The van der Waals surface area contributed by atoms with Crippen LogP contribution in [0, 0.1) is 0 Å². The van der Waals surface area contributed by atoms with Crippen molar-refractivity contribution in [2.24, 2.45) is 4.99 Å². The highest BCUT2D eigenvalue weighted by Crippen LogP contribution is 2.37. The first kappa shape index (κ1) is 21.8. The standard InChI is InChI=1S/C25H31N5O3/c1-25(2,3)33-24(31)19-5-4-10-30(19)20-15-21(29-11-13-32-14-12-29)28-23-18(20)7-9-27-22(23)17-6-8-26-16-17/h6-9,15,19H,4-5,10-14,16H2,1-3H3. The minimum absolute atomic E-state index is 0.168. The summed E-state index contributed by atoms with van der Waals surface area (Å²) in [5, 5.41) is 1.00. The van der Waals surface area contributed by atoms with Crippen LogP contribution in [0.3, 0.4) is 0 Å². The van der Waals surface area contributed by atoms with Crippen LogP contribution in [-0.4, -0.2) is 73.2 Å². The first-order chi connectivity index (χ1) is 15.9. The van der Waals surface area contributed by atoms with Gasteiger partial charge in [-0.25, -0.2) is 9.78 Å². The molecule has 5 heterocycles. The van der Waals surface area contributed by atoms with E-state index in [4.69, 9.17) is 14.5 Å². The van der Waals surface area contributed by atoms with Crippen molar-refractivity contribution in [1.82, 2.24) is 9.97 Å². The molecule has 0 aromatic carbocycles. The summed E-state index contributed by atoms with van der Waals surface area (Å²) in [7, 11) is 0. The van der Waals surface area contributed by atoms with Crippen molar-refractivity contribution in [1.29, 1.82) is 0 Å². The summed E-state index contributed by atoms with van der Waals surface area (Å²) < 4.78 is 11.3. The number of aliphatic imine (C=N–C) groups is 1. The Morgan fingerprint density at radius 1 is 1.21 bits per heavy atom. The molecule has 0 amide bonds. The van der Waals surface area contributed by atoms with E-state index in [0.717, 1.165) is 66.2 Å². The Balaban J connectivity index is 1.62. The largest absolute Gasteiger partial charge is 0.458 e. The number of nitrogens with zero attached hydrogens (tertiary/aromatic N) is 5. The number of ether oxygens (including phenoxy) is 2. The monoisotopic (exact) mass is 449 g/mol. The minimum Gasteiger partial charge on any atom is -0.458 e. The highest BCUT2D eigenvalue weighted by Gasteiger charge is 2.36. The molecular formula is C25H31N5O3. The third kappa shape index (κ3) is 4.44. The number of anilines is 2. The van der Waals surface area contributed by atoms with Gasteiger partial charge < -0.3 is 19.3 Å². The van der Waals surface area contributed by atoms with Crippen molar-refractivity contribution < 1.29 is 14.3 Å². The van der Waals surface area contributed by atoms with Gasteiger partial charge in [-0.15, -0.1) is 0 Å². The lowest BCUT2D eigenvalue weighted by Gasteiger charge is -2.32. The summed E-state index contributed by atoms with van der Waals surface area (Å²) in [5.41, 5.74) is 3.26. The Morgan fingerprint density at radius 2 is 2.03 bits per heavy atom. The maximum Gasteiger partial charge on any atom is 0.329 e. The molecule has 1 atom stereocenters. The van der Waals surface area contributed by atoms with Crippen molar-refractivity contribution in [3.8, 4) is 0 Å². The zero-order chi connectivity index (χ0) is 23.0. The maximum atomic E-state index is 13.1. The van der Waals surface area contributed by atoms with Gasteiger partial charge in [0, 0.05) is 49.1 Å². The van der Waals surface area contributed by atoms with E-state index < -0.39 is 5.60 Å². The van der Waals surface area contributed by atoms with Gasteiger partial charge in [0.1, 0.15) is 23.0 Å². The van der Waals surface area contributed by atoms with Gasteiger partial charge in [-0.1, -0.05) is 0 Å². The molecule has 2 aromatic rings. The van der Waals surface area contributed by atoms with Crippen LogP contribution in [0.4, 0.5) is 11.5 Å². The number of hydrogen-bond donors (Lipinski definition) is 0. The van der Waals surface area contributed by atoms with E-state index in [1.807, 2.05) is 45.3 Å². The molecule has 2 aromatic heterocycles. The molecule has 2 saturated heterocycles. The third-order valence-electron chi connectivity index (χ3n) is 6.22. The van der Waals surface area contributed by atoms with E-state index >= 15 is 0 Å². The van der Waals surface area contributed by atoms with Crippen LogP contribution in [0.2, 0.25) is 0 Å². The second-order valence-electron chi connectivity index (χ2n) is 9.72. The number of rotatable bonds is 4. The van der Waals surface area contributed by atoms with Gasteiger partial charge >= 0.3 is 5.97 Å². The Bertz CT molecular complexity index is 1110. The number of pyridine rings is 2. The second-order valence-corrected chi connectivity index (χ2v) is 9.72. The van der Waals surface area contributed by atoms with E-state index in [1.165, 1.54) is 0 Å². The van der Waals surface area contributed by atoms with Gasteiger partial charge in [-0.2, -0.15) is 0 Å². The van der Waals surface area contributed by atoms with Crippen LogP contribution in [0.25, 0.3) is 16.5 Å². The Morgan fingerprint density at radius 3 is 2.76 bits per heavy atom. The highest BCUT2D eigenvalue weighted by molar-refractivity contribution is 6.02. The molecular weight excluding hydrogens is 418 g/mol. The lowest BCUT2D eigenvalue weighted by Crippen LogP contribution is -2.41. The van der Waals surface area contributed by atoms with E-state index in [0.29, 0.717) is 19.8 Å². The van der Waals surface area contributed by atoms with Crippen molar-refractivity contribution in [2.75, 3.05) is 49.2 Å². The van der Waals surface area contributed by atoms with Crippen molar-refractivity contribution in [3.05, 3.63) is 30.1 Å². The molecule has 0 N–H and O–H groups in total. The first-order valence-corrected chi connectivity index (χ1v) is 11.7. The van der Waals surface area contributed by atoms with E-state index in [-0.39, 0.29) is 12.0 Å². The zero-order valence-corrected chi connectivity index (χ0v) is 19.6. The molecule has 0 aliphatic carbocycles. The summed E-state index contributed by atoms with van der Waals surface area (Å²) >= 11 is 0. The lowest BCUT2D eigenvalue weighted by molar-refractivity contribution is -0.156. The topological polar surface area (TPSA) is 80.2 Å². The molecule has 8 nitrogen and oxygen atoms in total. The first-order valence-electron chi connectivity index (χ1n) is 11.7. The fourth-order valence-corrected chi connectivity index (χ4v) is 4.72. The van der Waals surface area contributed by atoms with Gasteiger partial charge in [-0.3, -0.25) is 9.98 Å². The molecule has 33 heavy (non-hydrogen) atoms. The normalized spacial score (nSPS) is 21.1. The molecule has 5 rings (SSSR count). The number of fused-ring (bicyclic) bond motifs is 1. The number of esters is 1. The summed E-state index contributed by atoms with van der Waals surface area (Å²) in [6.45, 7) is 10.1. The SMILES string of the molecule is CC(C)(C)OC(=O)C1CCCN1c1cc(N2CCOCC2)nc2c(C3=CC=NC3)nccc12. The van der Waals surface area contributed by atoms with Crippen molar-refractivity contribution >= 4 is 40.2 Å². The van der Waals surface area contributed by atoms with Crippen LogP contribution in [0.15, 0.2) is 29.4 Å². The second kappa shape index (κ2) is 8.74. The predicted molar refractivity (Wildman–Crippen MR) is 130 cm³/mol. The molecule has 3 aliphatic rings. The smallest absolute Gasteiger partial charge is 0.329 e. The minimum atomic E-state index is -0.517.